The van der Waals surface area contributed by atoms with Crippen molar-refractivity contribution in [1.29, 1.82) is 0 Å². The highest BCUT2D eigenvalue weighted by Crippen LogP contribution is 2.32. The first-order valence-electron chi connectivity index (χ1n) is 7.39. The van der Waals surface area contributed by atoms with Crippen LogP contribution in [0.25, 0.3) is 0 Å². The monoisotopic (exact) mass is 325 g/mol. The lowest BCUT2D eigenvalue weighted by molar-refractivity contribution is -0.116. The van der Waals surface area contributed by atoms with Gasteiger partial charge in [-0.3, -0.25) is 14.6 Å². The smallest absolute Gasteiger partial charge is 0.358 e. The zero-order valence-corrected chi connectivity index (χ0v) is 13.2. The zero-order chi connectivity index (χ0) is 17.3. The molecule has 0 bridgehead atoms. The molecule has 0 fully saturated rings. The number of nitrogens with zero attached hydrogens (tertiary/aromatic N) is 2. The molecular weight excluding hydrogens is 310 g/mol. The standard InChI is InChI=1S/C17H15N3O4/c1-9-6-19-14(7-18-9)17(23)24-8-15(21)11-3-4-13-12(5-11)10(2)16(22)20-13/h3-7,10H,8H2,1-2H3,(H,20,22)/t10-/m1/s1. The van der Waals surface area contributed by atoms with Gasteiger partial charge in [0.25, 0.3) is 0 Å². The molecule has 1 aromatic heterocycles. The number of aryl methyl sites for hydroxylation is 1. The number of nitrogens with one attached hydrogen (secondary N) is 1. The lowest BCUT2D eigenvalue weighted by Gasteiger charge is -2.06. The minimum atomic E-state index is -0.706. The number of hydrogen-bond acceptors (Lipinski definition) is 6. The van der Waals surface area contributed by atoms with Crippen molar-refractivity contribution < 1.29 is 19.1 Å². The molecule has 0 spiro atoms. The van der Waals surface area contributed by atoms with Crippen molar-refractivity contribution in [3.63, 3.8) is 0 Å². The number of ketones is 1. The number of rotatable bonds is 4. The van der Waals surface area contributed by atoms with Crippen LogP contribution in [0.5, 0.6) is 0 Å². The van der Waals surface area contributed by atoms with Crippen LogP contribution in [0.3, 0.4) is 0 Å². The summed E-state index contributed by atoms with van der Waals surface area (Å²) in [6.45, 7) is 3.12. The molecule has 1 aromatic carbocycles. The first kappa shape index (κ1) is 15.8. The second kappa shape index (κ2) is 6.19. The highest BCUT2D eigenvalue weighted by atomic mass is 16.5. The highest BCUT2D eigenvalue weighted by molar-refractivity contribution is 6.05. The van der Waals surface area contributed by atoms with Gasteiger partial charge in [-0.25, -0.2) is 9.78 Å². The number of anilines is 1. The Morgan fingerprint density at radius 3 is 2.75 bits per heavy atom. The number of carbonyl (C=O) groups is 3. The van der Waals surface area contributed by atoms with Gasteiger partial charge in [0.15, 0.2) is 18.1 Å². The summed E-state index contributed by atoms with van der Waals surface area (Å²) in [5.74, 6) is -1.46. The van der Waals surface area contributed by atoms with Crippen molar-refractivity contribution >= 4 is 23.3 Å². The van der Waals surface area contributed by atoms with Gasteiger partial charge in [0.05, 0.1) is 17.8 Å². The number of hydrogen-bond donors (Lipinski definition) is 1. The summed E-state index contributed by atoms with van der Waals surface area (Å²) in [5.41, 5.74) is 2.58. The first-order chi connectivity index (χ1) is 11.5. The van der Waals surface area contributed by atoms with Crippen LogP contribution < -0.4 is 5.32 Å². The Balaban J connectivity index is 1.67. The fourth-order valence-electron chi connectivity index (χ4n) is 2.38. The molecule has 0 aliphatic carbocycles. The summed E-state index contributed by atoms with van der Waals surface area (Å²) < 4.78 is 4.98. The van der Waals surface area contributed by atoms with E-state index in [4.69, 9.17) is 4.74 Å². The van der Waals surface area contributed by atoms with E-state index in [9.17, 15) is 14.4 Å². The van der Waals surface area contributed by atoms with Gasteiger partial charge in [-0.2, -0.15) is 0 Å². The number of amides is 1. The van der Waals surface area contributed by atoms with Crippen molar-refractivity contribution in [2.24, 2.45) is 0 Å². The lowest BCUT2D eigenvalue weighted by atomic mass is 9.99. The molecule has 1 N–H and O–H groups in total. The second-order valence-corrected chi connectivity index (χ2v) is 5.56. The second-order valence-electron chi connectivity index (χ2n) is 5.56. The largest absolute Gasteiger partial charge is 0.453 e. The molecule has 7 nitrogen and oxygen atoms in total. The number of ether oxygens (including phenoxy) is 1. The van der Waals surface area contributed by atoms with E-state index in [0.29, 0.717) is 16.9 Å². The van der Waals surface area contributed by atoms with Gasteiger partial charge in [0, 0.05) is 17.4 Å². The molecule has 0 unspecified atom stereocenters. The number of Topliss-reactive ketones (excluding diaryl/α,β-unsaturated/α-hetero) is 1. The SMILES string of the molecule is Cc1cnc(C(=O)OCC(=O)c2ccc3c(c2)[C@@H](C)C(=O)N3)cn1. The average molecular weight is 325 g/mol. The van der Waals surface area contributed by atoms with Gasteiger partial charge in [0.2, 0.25) is 5.91 Å². The molecular formula is C17H15N3O4. The van der Waals surface area contributed by atoms with Gasteiger partial charge < -0.3 is 10.1 Å². The van der Waals surface area contributed by atoms with E-state index in [1.54, 1.807) is 32.0 Å². The summed E-state index contributed by atoms with van der Waals surface area (Å²) >= 11 is 0. The summed E-state index contributed by atoms with van der Waals surface area (Å²) in [7, 11) is 0. The van der Waals surface area contributed by atoms with Crippen LogP contribution in [-0.2, 0) is 9.53 Å². The summed E-state index contributed by atoms with van der Waals surface area (Å²) in [6, 6.07) is 4.93. The zero-order valence-electron chi connectivity index (χ0n) is 13.2. The quantitative estimate of drug-likeness (QED) is 0.681. The minimum absolute atomic E-state index is 0.0470. The average Bonchev–Trinajstić information content (AvgIpc) is 2.87. The summed E-state index contributed by atoms with van der Waals surface area (Å²) in [6.07, 6.45) is 2.75. The van der Waals surface area contributed by atoms with Crippen molar-refractivity contribution in [1.82, 2.24) is 9.97 Å². The molecule has 3 rings (SSSR count). The van der Waals surface area contributed by atoms with Crippen LogP contribution >= 0.6 is 0 Å². The molecule has 0 radical (unpaired) electrons. The van der Waals surface area contributed by atoms with Gasteiger partial charge in [0.1, 0.15) is 0 Å². The van der Waals surface area contributed by atoms with E-state index >= 15 is 0 Å². The lowest BCUT2D eigenvalue weighted by Crippen LogP contribution is -2.15. The molecule has 2 heterocycles. The summed E-state index contributed by atoms with van der Waals surface area (Å²) in [5, 5.41) is 2.74. The van der Waals surface area contributed by atoms with E-state index in [2.05, 4.69) is 15.3 Å². The van der Waals surface area contributed by atoms with Crippen LogP contribution in [0.1, 0.15) is 44.9 Å². The van der Waals surface area contributed by atoms with Crippen molar-refractivity contribution in [3.8, 4) is 0 Å². The predicted octanol–water partition coefficient (Wildman–Crippen LogP) is 1.88. The third-order valence-corrected chi connectivity index (χ3v) is 3.82. The molecule has 122 valence electrons. The Kier molecular flexibility index (Phi) is 4.07. The number of aromatic nitrogens is 2. The van der Waals surface area contributed by atoms with E-state index in [1.165, 1.54) is 12.4 Å². The van der Waals surface area contributed by atoms with E-state index in [-0.39, 0.29) is 23.3 Å². The van der Waals surface area contributed by atoms with Gasteiger partial charge in [-0.05, 0) is 37.6 Å². The maximum Gasteiger partial charge on any atom is 0.358 e. The van der Waals surface area contributed by atoms with Crippen LogP contribution in [0, 0.1) is 6.92 Å². The molecule has 1 aliphatic rings. The topological polar surface area (TPSA) is 98.2 Å². The van der Waals surface area contributed by atoms with Crippen molar-refractivity contribution in [2.45, 2.75) is 19.8 Å². The Morgan fingerprint density at radius 1 is 1.25 bits per heavy atom. The van der Waals surface area contributed by atoms with Crippen LogP contribution in [0.4, 0.5) is 5.69 Å². The normalized spacial score (nSPS) is 15.6. The maximum absolute atomic E-state index is 12.2. The van der Waals surface area contributed by atoms with E-state index in [0.717, 1.165) is 5.56 Å². The third kappa shape index (κ3) is 3.01. The summed E-state index contributed by atoms with van der Waals surface area (Å²) in [4.78, 5) is 43.5. The molecule has 7 heteroatoms. The van der Waals surface area contributed by atoms with E-state index < -0.39 is 12.6 Å². The van der Waals surface area contributed by atoms with Gasteiger partial charge in [-0.1, -0.05) is 0 Å². The third-order valence-electron chi connectivity index (χ3n) is 3.82. The molecule has 24 heavy (non-hydrogen) atoms. The molecule has 2 aromatic rings. The van der Waals surface area contributed by atoms with Crippen LogP contribution in [0.2, 0.25) is 0 Å². The number of carbonyl (C=O) groups excluding carboxylic acids is 3. The predicted molar refractivity (Wildman–Crippen MR) is 84.9 cm³/mol. The minimum Gasteiger partial charge on any atom is -0.453 e. The molecule has 1 amide bonds. The maximum atomic E-state index is 12.2. The first-order valence-corrected chi connectivity index (χ1v) is 7.39. The highest BCUT2D eigenvalue weighted by Gasteiger charge is 2.27. The van der Waals surface area contributed by atoms with Crippen LogP contribution in [-0.4, -0.2) is 34.2 Å². The number of fused-ring (bicyclic) bond motifs is 1. The Morgan fingerprint density at radius 2 is 2.04 bits per heavy atom. The number of benzene rings is 1. The fourth-order valence-corrected chi connectivity index (χ4v) is 2.38. The molecule has 1 aliphatic heterocycles. The van der Waals surface area contributed by atoms with Gasteiger partial charge >= 0.3 is 5.97 Å². The molecule has 0 saturated carbocycles. The number of esters is 1. The Labute approximate surface area is 138 Å². The fraction of sp³-hybridized carbons (Fsp3) is 0.235. The molecule has 1 atom stereocenters. The Bertz CT molecular complexity index is 830. The molecule has 0 saturated heterocycles. The van der Waals surface area contributed by atoms with Gasteiger partial charge in [-0.15, -0.1) is 0 Å². The van der Waals surface area contributed by atoms with Crippen molar-refractivity contribution in [2.75, 3.05) is 11.9 Å². The van der Waals surface area contributed by atoms with Crippen LogP contribution in [0.15, 0.2) is 30.6 Å². The van der Waals surface area contributed by atoms with Crippen molar-refractivity contribution in [3.05, 3.63) is 53.1 Å². The van der Waals surface area contributed by atoms with E-state index in [1.807, 2.05) is 0 Å². The Hall–Kier alpha value is -3.09.